The van der Waals surface area contributed by atoms with E-state index in [1.54, 1.807) is 0 Å². The topological polar surface area (TPSA) is 23.5 Å². The largest absolute Gasteiger partial charge is 0.393 e. The molecular weight excluding hydrogens is 258 g/mol. The predicted octanol–water partition coefficient (Wildman–Crippen LogP) is 3.57. The molecule has 2 aromatic rings. The van der Waals surface area contributed by atoms with Crippen LogP contribution in [0.1, 0.15) is 31.2 Å². The Kier molecular flexibility index (Phi) is 4.01. The van der Waals surface area contributed by atoms with E-state index in [9.17, 15) is 5.11 Å². The van der Waals surface area contributed by atoms with Crippen LogP contribution in [0, 0.1) is 0 Å². The van der Waals surface area contributed by atoms with E-state index in [0.717, 1.165) is 32.2 Å². The molecule has 0 radical (unpaired) electrons. The molecule has 0 heterocycles. The summed E-state index contributed by atoms with van der Waals surface area (Å²) in [5.74, 6) is 0. The third-order valence-electron chi connectivity index (χ3n) is 4.89. The molecular formula is C19H25NO. The molecule has 1 aliphatic carbocycles. The Hall–Kier alpha value is -1.38. The highest BCUT2D eigenvalue weighted by atomic mass is 16.3. The molecule has 2 heteroatoms. The fraction of sp³-hybridized carbons (Fsp3) is 0.474. The van der Waals surface area contributed by atoms with Crippen molar-refractivity contribution in [2.75, 3.05) is 20.6 Å². The first kappa shape index (κ1) is 14.6. The molecule has 0 aliphatic heterocycles. The van der Waals surface area contributed by atoms with Gasteiger partial charge in [-0.3, -0.25) is 0 Å². The summed E-state index contributed by atoms with van der Waals surface area (Å²) in [4.78, 5) is 2.28. The number of rotatable bonds is 3. The molecule has 0 bridgehead atoms. The van der Waals surface area contributed by atoms with Crippen LogP contribution >= 0.6 is 0 Å². The molecule has 21 heavy (non-hydrogen) atoms. The lowest BCUT2D eigenvalue weighted by molar-refractivity contribution is 0.0843. The van der Waals surface area contributed by atoms with E-state index in [1.807, 2.05) is 0 Å². The molecule has 0 aromatic heterocycles. The monoisotopic (exact) mass is 283 g/mol. The lowest BCUT2D eigenvalue weighted by atomic mass is 9.68. The number of fused-ring (bicyclic) bond motifs is 1. The zero-order valence-electron chi connectivity index (χ0n) is 13.0. The van der Waals surface area contributed by atoms with Crippen molar-refractivity contribution in [1.82, 2.24) is 4.90 Å². The summed E-state index contributed by atoms with van der Waals surface area (Å²) in [5, 5.41) is 12.5. The Morgan fingerprint density at radius 1 is 1.05 bits per heavy atom. The standard InChI is InChI=1S/C19H25NO/c1-20(2)14-19(11-9-18(21)10-12-19)17-8-7-15-5-3-4-6-16(15)13-17/h3-8,13,18,21H,9-12,14H2,1-2H3. The van der Waals surface area contributed by atoms with E-state index in [-0.39, 0.29) is 11.5 Å². The number of benzene rings is 2. The Balaban J connectivity index is 2.01. The summed E-state index contributed by atoms with van der Waals surface area (Å²) in [6, 6.07) is 15.5. The van der Waals surface area contributed by atoms with Crippen LogP contribution in [-0.4, -0.2) is 36.8 Å². The van der Waals surface area contributed by atoms with Crippen LogP contribution < -0.4 is 0 Å². The summed E-state index contributed by atoms with van der Waals surface area (Å²) in [7, 11) is 4.29. The molecule has 1 N–H and O–H groups in total. The normalized spacial score (nSPS) is 26.4. The van der Waals surface area contributed by atoms with Crippen LogP contribution in [0.3, 0.4) is 0 Å². The fourth-order valence-electron chi connectivity index (χ4n) is 3.82. The number of hydrogen-bond donors (Lipinski definition) is 1. The zero-order valence-corrected chi connectivity index (χ0v) is 13.0. The van der Waals surface area contributed by atoms with Gasteiger partial charge in [0.05, 0.1) is 6.10 Å². The minimum absolute atomic E-state index is 0.110. The van der Waals surface area contributed by atoms with Gasteiger partial charge in [0, 0.05) is 12.0 Å². The highest BCUT2D eigenvalue weighted by Crippen LogP contribution is 2.40. The fourth-order valence-corrected chi connectivity index (χ4v) is 3.82. The van der Waals surface area contributed by atoms with Crippen molar-refractivity contribution < 1.29 is 5.11 Å². The molecule has 0 unspecified atom stereocenters. The van der Waals surface area contributed by atoms with Crippen molar-refractivity contribution in [3.8, 4) is 0 Å². The minimum atomic E-state index is -0.110. The quantitative estimate of drug-likeness (QED) is 0.931. The Morgan fingerprint density at radius 2 is 1.71 bits per heavy atom. The Bertz CT molecular complexity index is 612. The number of aliphatic hydroxyl groups is 1. The lowest BCUT2D eigenvalue weighted by Crippen LogP contribution is -2.41. The van der Waals surface area contributed by atoms with Crippen LogP contribution in [0.25, 0.3) is 10.8 Å². The third kappa shape index (κ3) is 2.97. The minimum Gasteiger partial charge on any atom is -0.393 e. The number of hydrogen-bond acceptors (Lipinski definition) is 2. The van der Waals surface area contributed by atoms with Crippen LogP contribution in [-0.2, 0) is 5.41 Å². The van der Waals surface area contributed by atoms with Gasteiger partial charge in [-0.2, -0.15) is 0 Å². The van der Waals surface area contributed by atoms with Gasteiger partial charge in [-0.25, -0.2) is 0 Å². The summed E-state index contributed by atoms with van der Waals surface area (Å²) in [6.45, 7) is 1.05. The second kappa shape index (κ2) is 5.78. The molecule has 1 fully saturated rings. The smallest absolute Gasteiger partial charge is 0.0541 e. The molecule has 2 aromatic carbocycles. The van der Waals surface area contributed by atoms with E-state index in [1.165, 1.54) is 16.3 Å². The van der Waals surface area contributed by atoms with Gasteiger partial charge in [-0.1, -0.05) is 42.5 Å². The van der Waals surface area contributed by atoms with Crippen molar-refractivity contribution in [2.45, 2.75) is 37.2 Å². The van der Waals surface area contributed by atoms with Crippen molar-refractivity contribution in [3.05, 3.63) is 48.0 Å². The van der Waals surface area contributed by atoms with Crippen LogP contribution in [0.5, 0.6) is 0 Å². The predicted molar refractivity (Wildman–Crippen MR) is 88.7 cm³/mol. The molecule has 1 aliphatic rings. The van der Waals surface area contributed by atoms with Gasteiger partial charge < -0.3 is 10.0 Å². The first-order valence-electron chi connectivity index (χ1n) is 7.91. The van der Waals surface area contributed by atoms with Gasteiger partial charge >= 0.3 is 0 Å². The first-order valence-corrected chi connectivity index (χ1v) is 7.91. The Morgan fingerprint density at radius 3 is 2.38 bits per heavy atom. The van der Waals surface area contributed by atoms with Crippen LogP contribution in [0.2, 0.25) is 0 Å². The molecule has 0 amide bonds. The van der Waals surface area contributed by atoms with Crippen LogP contribution in [0.4, 0.5) is 0 Å². The molecule has 2 nitrogen and oxygen atoms in total. The SMILES string of the molecule is CN(C)CC1(c2ccc3ccccc3c2)CCC(O)CC1. The first-order chi connectivity index (χ1) is 10.1. The summed E-state index contributed by atoms with van der Waals surface area (Å²) >= 11 is 0. The maximum absolute atomic E-state index is 9.88. The van der Waals surface area contributed by atoms with Crippen molar-refractivity contribution in [3.63, 3.8) is 0 Å². The summed E-state index contributed by atoms with van der Waals surface area (Å²) in [5.41, 5.74) is 1.62. The van der Waals surface area contributed by atoms with Gasteiger partial charge in [0.1, 0.15) is 0 Å². The average molecular weight is 283 g/mol. The number of aliphatic hydroxyl groups excluding tert-OH is 1. The molecule has 112 valence electrons. The number of nitrogens with zero attached hydrogens (tertiary/aromatic N) is 1. The Labute approximate surface area is 127 Å². The second-order valence-electron chi connectivity index (χ2n) is 6.81. The molecule has 0 spiro atoms. The summed E-state index contributed by atoms with van der Waals surface area (Å²) < 4.78 is 0. The van der Waals surface area contributed by atoms with Crippen molar-refractivity contribution >= 4 is 10.8 Å². The second-order valence-corrected chi connectivity index (χ2v) is 6.81. The lowest BCUT2D eigenvalue weighted by Gasteiger charge is -2.41. The van der Waals surface area contributed by atoms with Gasteiger partial charge in [-0.15, -0.1) is 0 Å². The van der Waals surface area contributed by atoms with Crippen molar-refractivity contribution in [2.24, 2.45) is 0 Å². The van der Waals surface area contributed by atoms with Crippen LogP contribution in [0.15, 0.2) is 42.5 Å². The zero-order chi connectivity index (χ0) is 14.9. The van der Waals surface area contributed by atoms with E-state index < -0.39 is 0 Å². The maximum atomic E-state index is 9.88. The number of likely N-dealkylation sites (N-methyl/N-ethyl adjacent to an activating group) is 1. The van der Waals surface area contributed by atoms with E-state index >= 15 is 0 Å². The molecule has 1 saturated carbocycles. The highest BCUT2D eigenvalue weighted by molar-refractivity contribution is 5.83. The van der Waals surface area contributed by atoms with Crippen molar-refractivity contribution in [1.29, 1.82) is 0 Å². The van der Waals surface area contributed by atoms with E-state index in [0.29, 0.717) is 0 Å². The van der Waals surface area contributed by atoms with Gasteiger partial charge in [0.2, 0.25) is 0 Å². The summed E-state index contributed by atoms with van der Waals surface area (Å²) in [6.07, 6.45) is 3.87. The van der Waals surface area contributed by atoms with Gasteiger partial charge in [-0.05, 0) is 56.1 Å². The third-order valence-corrected chi connectivity index (χ3v) is 4.89. The van der Waals surface area contributed by atoms with E-state index in [4.69, 9.17) is 0 Å². The highest BCUT2D eigenvalue weighted by Gasteiger charge is 2.36. The van der Waals surface area contributed by atoms with E-state index in [2.05, 4.69) is 61.5 Å². The molecule has 3 rings (SSSR count). The average Bonchev–Trinajstić information content (AvgIpc) is 2.49. The molecule has 0 saturated heterocycles. The molecule has 0 atom stereocenters. The maximum Gasteiger partial charge on any atom is 0.0541 e. The van der Waals surface area contributed by atoms with Gasteiger partial charge in [0.15, 0.2) is 0 Å². The van der Waals surface area contributed by atoms with Gasteiger partial charge in [0.25, 0.3) is 0 Å².